The van der Waals surface area contributed by atoms with E-state index in [1.165, 1.54) is 0 Å². The number of hydrogen-bond acceptors (Lipinski definition) is 3. The molecule has 166 valence electrons. The molecule has 0 aromatic heterocycles. The molecule has 2 aromatic carbocycles. The number of carbonyl (C=O) groups excluding carboxylic acids is 2. The second-order valence-electron chi connectivity index (χ2n) is 8.01. The molecule has 0 spiro atoms. The van der Waals surface area contributed by atoms with Crippen molar-refractivity contribution in [2.24, 2.45) is 0 Å². The molecule has 1 aliphatic carbocycles. The molecule has 1 N–H and O–H groups in total. The first-order chi connectivity index (χ1) is 14.8. The van der Waals surface area contributed by atoms with E-state index in [0.29, 0.717) is 17.3 Å². The summed E-state index contributed by atoms with van der Waals surface area (Å²) >= 11 is 9.45. The van der Waals surface area contributed by atoms with Crippen molar-refractivity contribution in [3.8, 4) is 5.75 Å². The number of ether oxygens (including phenoxy) is 1. The minimum absolute atomic E-state index is 0.131. The summed E-state index contributed by atoms with van der Waals surface area (Å²) in [5.74, 6) is 0.238. The van der Waals surface area contributed by atoms with Crippen LogP contribution >= 0.6 is 27.5 Å². The molecule has 5 nitrogen and oxygen atoms in total. The fourth-order valence-electron chi connectivity index (χ4n) is 3.70. The SMILES string of the molecule is Cc1cc(OCC(=O)N(Cc2ccc(Cl)cc2)[C@@H](C)C(=O)NC2CCCC2)ccc1Br. The van der Waals surface area contributed by atoms with E-state index >= 15 is 0 Å². The van der Waals surface area contributed by atoms with E-state index in [2.05, 4.69) is 21.2 Å². The van der Waals surface area contributed by atoms with E-state index in [4.69, 9.17) is 16.3 Å². The highest BCUT2D eigenvalue weighted by atomic mass is 79.9. The molecule has 2 aromatic rings. The first kappa shape index (κ1) is 23.6. The summed E-state index contributed by atoms with van der Waals surface area (Å²) in [5.41, 5.74) is 1.92. The molecule has 1 saturated carbocycles. The Hall–Kier alpha value is -2.05. The third-order valence-electron chi connectivity index (χ3n) is 5.63. The van der Waals surface area contributed by atoms with Gasteiger partial charge in [-0.25, -0.2) is 0 Å². The zero-order valence-corrected chi connectivity index (χ0v) is 20.2. The standard InChI is InChI=1S/C24H28BrClN2O3/c1-16-13-21(11-12-22(16)25)31-15-23(29)28(14-18-7-9-19(26)10-8-18)17(2)24(30)27-20-5-3-4-6-20/h7-13,17,20H,3-6,14-15H2,1-2H3,(H,27,30)/t17-/m0/s1. The lowest BCUT2D eigenvalue weighted by atomic mass is 10.1. The van der Waals surface area contributed by atoms with Crippen LogP contribution < -0.4 is 10.1 Å². The number of nitrogens with zero attached hydrogens (tertiary/aromatic N) is 1. The number of rotatable bonds is 8. The summed E-state index contributed by atoms with van der Waals surface area (Å²) in [6.45, 7) is 3.89. The van der Waals surface area contributed by atoms with Gasteiger partial charge in [0.1, 0.15) is 11.8 Å². The van der Waals surface area contributed by atoms with Crippen molar-refractivity contribution in [3.63, 3.8) is 0 Å². The van der Waals surface area contributed by atoms with Crippen LogP contribution in [0, 0.1) is 6.92 Å². The molecular formula is C24H28BrClN2O3. The Morgan fingerprint density at radius 3 is 2.52 bits per heavy atom. The number of benzene rings is 2. The van der Waals surface area contributed by atoms with E-state index in [9.17, 15) is 9.59 Å². The Morgan fingerprint density at radius 1 is 1.19 bits per heavy atom. The molecule has 3 rings (SSSR count). The Kier molecular flexibility index (Phi) is 8.38. The summed E-state index contributed by atoms with van der Waals surface area (Å²) < 4.78 is 6.72. The molecule has 0 bridgehead atoms. The first-order valence-corrected chi connectivity index (χ1v) is 11.7. The minimum Gasteiger partial charge on any atom is -0.484 e. The van der Waals surface area contributed by atoms with Gasteiger partial charge in [0.2, 0.25) is 5.91 Å². The predicted octanol–water partition coefficient (Wildman–Crippen LogP) is 5.27. The molecule has 7 heteroatoms. The van der Waals surface area contributed by atoms with Gasteiger partial charge in [-0.05, 0) is 68.1 Å². The highest BCUT2D eigenvalue weighted by molar-refractivity contribution is 9.10. The lowest BCUT2D eigenvalue weighted by molar-refractivity contribution is -0.142. The van der Waals surface area contributed by atoms with Crippen molar-refractivity contribution in [1.82, 2.24) is 10.2 Å². The highest BCUT2D eigenvalue weighted by Crippen LogP contribution is 2.22. The molecule has 0 aliphatic heterocycles. The second kappa shape index (κ2) is 11.0. The Bertz CT molecular complexity index is 914. The van der Waals surface area contributed by atoms with Crippen molar-refractivity contribution in [1.29, 1.82) is 0 Å². The second-order valence-corrected chi connectivity index (χ2v) is 9.30. The van der Waals surface area contributed by atoms with Gasteiger partial charge in [-0.1, -0.05) is 52.5 Å². The Balaban J connectivity index is 1.71. The Labute approximate surface area is 197 Å². The summed E-state index contributed by atoms with van der Waals surface area (Å²) in [6.07, 6.45) is 4.26. The number of nitrogens with one attached hydrogen (secondary N) is 1. The Morgan fingerprint density at radius 2 is 1.87 bits per heavy atom. The maximum atomic E-state index is 13.1. The van der Waals surface area contributed by atoms with Gasteiger partial charge in [0.05, 0.1) is 0 Å². The average Bonchev–Trinajstić information content (AvgIpc) is 3.26. The van der Waals surface area contributed by atoms with E-state index in [0.717, 1.165) is 41.3 Å². The molecule has 0 heterocycles. The van der Waals surface area contributed by atoms with Crippen LogP contribution in [-0.2, 0) is 16.1 Å². The summed E-state index contributed by atoms with van der Waals surface area (Å²) in [7, 11) is 0. The van der Waals surface area contributed by atoms with Gasteiger partial charge in [0, 0.05) is 22.1 Å². The average molecular weight is 508 g/mol. The van der Waals surface area contributed by atoms with Crippen LogP contribution in [0.4, 0.5) is 0 Å². The van der Waals surface area contributed by atoms with Crippen molar-refractivity contribution in [2.75, 3.05) is 6.61 Å². The molecule has 0 radical (unpaired) electrons. The third-order valence-corrected chi connectivity index (χ3v) is 6.77. The van der Waals surface area contributed by atoms with Crippen LogP contribution in [0.2, 0.25) is 5.02 Å². The van der Waals surface area contributed by atoms with Crippen LogP contribution in [-0.4, -0.2) is 35.4 Å². The number of aryl methyl sites for hydroxylation is 1. The molecule has 1 fully saturated rings. The lowest BCUT2D eigenvalue weighted by Crippen LogP contribution is -2.50. The fraction of sp³-hybridized carbons (Fsp3) is 0.417. The summed E-state index contributed by atoms with van der Waals surface area (Å²) in [5, 5.41) is 3.72. The zero-order valence-electron chi connectivity index (χ0n) is 17.9. The van der Waals surface area contributed by atoms with Gasteiger partial charge in [0.25, 0.3) is 5.91 Å². The molecule has 0 saturated heterocycles. The van der Waals surface area contributed by atoms with E-state index in [1.807, 2.05) is 37.3 Å². The number of amides is 2. The summed E-state index contributed by atoms with van der Waals surface area (Å²) in [6, 6.07) is 12.4. The van der Waals surface area contributed by atoms with Gasteiger partial charge in [-0.15, -0.1) is 0 Å². The van der Waals surface area contributed by atoms with Gasteiger partial charge in [-0.3, -0.25) is 9.59 Å². The molecule has 1 atom stereocenters. The van der Waals surface area contributed by atoms with Gasteiger partial charge in [-0.2, -0.15) is 0 Å². The van der Waals surface area contributed by atoms with Crippen LogP contribution in [0.1, 0.15) is 43.7 Å². The fourth-order valence-corrected chi connectivity index (χ4v) is 4.07. The van der Waals surface area contributed by atoms with Crippen LogP contribution in [0.5, 0.6) is 5.75 Å². The number of carbonyl (C=O) groups is 2. The largest absolute Gasteiger partial charge is 0.484 e. The molecule has 2 amide bonds. The van der Waals surface area contributed by atoms with E-state index in [1.54, 1.807) is 24.0 Å². The summed E-state index contributed by atoms with van der Waals surface area (Å²) in [4.78, 5) is 27.6. The normalized spacial score (nSPS) is 14.8. The monoisotopic (exact) mass is 506 g/mol. The maximum Gasteiger partial charge on any atom is 0.261 e. The van der Waals surface area contributed by atoms with E-state index < -0.39 is 6.04 Å². The first-order valence-electron chi connectivity index (χ1n) is 10.6. The van der Waals surface area contributed by atoms with Gasteiger partial charge >= 0.3 is 0 Å². The smallest absolute Gasteiger partial charge is 0.261 e. The third kappa shape index (κ3) is 6.71. The van der Waals surface area contributed by atoms with Crippen molar-refractivity contribution in [2.45, 2.75) is 58.2 Å². The van der Waals surface area contributed by atoms with E-state index in [-0.39, 0.29) is 24.5 Å². The minimum atomic E-state index is -0.612. The van der Waals surface area contributed by atoms with Crippen molar-refractivity contribution < 1.29 is 14.3 Å². The predicted molar refractivity (Wildman–Crippen MR) is 126 cm³/mol. The zero-order chi connectivity index (χ0) is 22.4. The topological polar surface area (TPSA) is 58.6 Å². The number of hydrogen-bond donors (Lipinski definition) is 1. The van der Waals surface area contributed by atoms with Crippen molar-refractivity contribution in [3.05, 3.63) is 63.1 Å². The molecule has 1 aliphatic rings. The number of halogens is 2. The van der Waals surface area contributed by atoms with Crippen molar-refractivity contribution >= 4 is 39.3 Å². The maximum absolute atomic E-state index is 13.1. The quantitative estimate of drug-likeness (QED) is 0.530. The van der Waals surface area contributed by atoms with Crippen LogP contribution in [0.25, 0.3) is 0 Å². The molecule has 0 unspecified atom stereocenters. The molecular weight excluding hydrogens is 480 g/mol. The highest BCUT2D eigenvalue weighted by Gasteiger charge is 2.28. The lowest BCUT2D eigenvalue weighted by Gasteiger charge is -2.29. The van der Waals surface area contributed by atoms with Gasteiger partial charge in [0.15, 0.2) is 6.61 Å². The van der Waals surface area contributed by atoms with Gasteiger partial charge < -0.3 is 15.0 Å². The molecule has 31 heavy (non-hydrogen) atoms. The van der Waals surface area contributed by atoms with Crippen LogP contribution in [0.15, 0.2) is 46.9 Å². The van der Waals surface area contributed by atoms with Crippen LogP contribution in [0.3, 0.4) is 0 Å².